The molecule has 1 heterocycles. The van der Waals surface area contributed by atoms with Crippen molar-refractivity contribution in [3.05, 3.63) is 29.8 Å². The van der Waals surface area contributed by atoms with Crippen LogP contribution in [-0.2, 0) is 19.8 Å². The van der Waals surface area contributed by atoms with E-state index in [0.29, 0.717) is 5.75 Å². The van der Waals surface area contributed by atoms with Crippen LogP contribution in [-0.4, -0.2) is 65.2 Å². The second-order valence-corrected chi connectivity index (χ2v) is 9.45. The van der Waals surface area contributed by atoms with E-state index < -0.39 is 30.0 Å². The Bertz CT molecular complexity index is 833. The van der Waals surface area contributed by atoms with Crippen molar-refractivity contribution in [3.8, 4) is 5.75 Å². The molecule has 34 heavy (non-hydrogen) atoms. The van der Waals surface area contributed by atoms with Gasteiger partial charge in [0.25, 0.3) is 0 Å². The maximum Gasteiger partial charge on any atom is 0.326 e. The minimum atomic E-state index is -1.49. The Kier molecular flexibility index (Phi) is 12.1. The molecule has 0 bridgehead atoms. The molecule has 192 valence electrons. The summed E-state index contributed by atoms with van der Waals surface area (Å²) in [7, 11) is 2.14. The monoisotopic (exact) mass is 496 g/mol. The molecule has 0 radical (unpaired) electrons. The number of rotatable bonds is 10. The summed E-state index contributed by atoms with van der Waals surface area (Å²) < 4.78 is 5.49. The van der Waals surface area contributed by atoms with Crippen molar-refractivity contribution in [3.63, 3.8) is 0 Å². The third-order valence-corrected chi connectivity index (χ3v) is 6.53. The Morgan fingerprint density at radius 2 is 1.94 bits per heavy atom. The molecule has 0 spiro atoms. The number of hydrogen-bond acceptors (Lipinski definition) is 6. The predicted molar refractivity (Wildman–Crippen MR) is 135 cm³/mol. The maximum absolute atomic E-state index is 12.4. The van der Waals surface area contributed by atoms with Gasteiger partial charge < -0.3 is 25.2 Å². The summed E-state index contributed by atoms with van der Waals surface area (Å²) in [6.45, 7) is 7.55. The number of esters is 1. The molecule has 3 atom stereocenters. The van der Waals surface area contributed by atoms with Crippen LogP contribution in [0.2, 0.25) is 0 Å². The molecule has 1 aromatic rings. The third kappa shape index (κ3) is 8.29. The van der Waals surface area contributed by atoms with Gasteiger partial charge in [-0.15, -0.1) is 0 Å². The van der Waals surface area contributed by atoms with Crippen molar-refractivity contribution >= 4 is 31.3 Å². The minimum Gasteiger partial charge on any atom is -0.480 e. The predicted octanol–water partition coefficient (Wildman–Crippen LogP) is 2.83. The number of carboxylic acid groups (broad SMARTS) is 1. The van der Waals surface area contributed by atoms with E-state index in [4.69, 9.17) is 9.84 Å². The SMILES string of the molecule is CCC1(c2cccc(OC(=O)CCC(O)C(=O)NC(C(=O)O)C(C)C)c2)CCCCN(C)C1.S. The van der Waals surface area contributed by atoms with Crippen LogP contribution >= 0.6 is 13.5 Å². The lowest BCUT2D eigenvalue weighted by Gasteiger charge is -2.35. The normalized spacial score (nSPS) is 20.5. The van der Waals surface area contributed by atoms with Gasteiger partial charge in [-0.3, -0.25) is 9.59 Å². The van der Waals surface area contributed by atoms with Crippen molar-refractivity contribution in [2.24, 2.45) is 5.92 Å². The summed E-state index contributed by atoms with van der Waals surface area (Å²) in [5.41, 5.74) is 1.16. The third-order valence-electron chi connectivity index (χ3n) is 6.53. The highest BCUT2D eigenvalue weighted by atomic mass is 32.1. The lowest BCUT2D eigenvalue weighted by atomic mass is 9.74. The number of likely N-dealkylation sites (tertiary alicyclic amines) is 1. The highest BCUT2D eigenvalue weighted by molar-refractivity contribution is 7.59. The van der Waals surface area contributed by atoms with Crippen molar-refractivity contribution in [1.29, 1.82) is 0 Å². The van der Waals surface area contributed by atoms with Crippen LogP contribution in [0.25, 0.3) is 0 Å². The van der Waals surface area contributed by atoms with Crippen molar-refractivity contribution < 1.29 is 29.3 Å². The first-order valence-electron chi connectivity index (χ1n) is 11.8. The second kappa shape index (κ2) is 13.7. The highest BCUT2D eigenvalue weighted by Crippen LogP contribution is 2.37. The van der Waals surface area contributed by atoms with Gasteiger partial charge in [-0.25, -0.2) is 4.79 Å². The summed E-state index contributed by atoms with van der Waals surface area (Å²) in [6.07, 6.45) is 2.59. The number of aliphatic hydroxyl groups is 1. The standard InChI is InChI=1S/C25H38N2O6.H2S/c1-5-25(13-6-7-14-27(4)16-25)18-9-8-10-19(15-18)33-21(29)12-11-20(28)23(30)26-22(17(2)3)24(31)32;/h8-10,15,17,20,22,28H,5-7,11-14,16H2,1-4H3,(H,26,30)(H,31,32);1H2. The minimum absolute atomic E-state index is 0. The van der Waals surface area contributed by atoms with Crippen LogP contribution in [0.4, 0.5) is 0 Å². The number of amides is 1. The number of aliphatic carboxylic acids is 1. The van der Waals surface area contributed by atoms with Gasteiger partial charge >= 0.3 is 11.9 Å². The van der Waals surface area contributed by atoms with Gasteiger partial charge in [-0.05, 0) is 62.9 Å². The number of carbonyl (C=O) groups is 3. The number of carboxylic acids is 1. The van der Waals surface area contributed by atoms with Crippen LogP contribution in [0, 0.1) is 5.92 Å². The molecule has 8 nitrogen and oxygen atoms in total. The summed E-state index contributed by atoms with van der Waals surface area (Å²) in [6, 6.07) is 6.52. The maximum atomic E-state index is 12.4. The van der Waals surface area contributed by atoms with Crippen LogP contribution in [0.1, 0.15) is 64.9 Å². The lowest BCUT2D eigenvalue weighted by Crippen LogP contribution is -2.48. The molecule has 1 amide bonds. The molecular weight excluding hydrogens is 456 g/mol. The van der Waals surface area contributed by atoms with Crippen LogP contribution in [0.3, 0.4) is 0 Å². The Hall–Kier alpha value is -2.10. The zero-order chi connectivity index (χ0) is 24.6. The number of nitrogens with one attached hydrogen (secondary N) is 1. The molecule has 2 rings (SSSR count). The van der Waals surface area contributed by atoms with Crippen molar-refractivity contribution in [2.75, 3.05) is 20.1 Å². The van der Waals surface area contributed by atoms with Crippen LogP contribution in [0.5, 0.6) is 5.75 Å². The molecular formula is C25H40N2O6S. The summed E-state index contributed by atoms with van der Waals surface area (Å²) in [4.78, 5) is 38.0. The van der Waals surface area contributed by atoms with Gasteiger partial charge in [0.05, 0.1) is 0 Å². The van der Waals surface area contributed by atoms with Gasteiger partial charge in [0, 0.05) is 18.4 Å². The van der Waals surface area contributed by atoms with Crippen molar-refractivity contribution in [1.82, 2.24) is 10.2 Å². The lowest BCUT2D eigenvalue weighted by molar-refractivity contribution is -0.145. The topological polar surface area (TPSA) is 116 Å². The van der Waals surface area contributed by atoms with E-state index in [1.807, 2.05) is 12.1 Å². The number of carbonyl (C=O) groups excluding carboxylic acids is 2. The number of ether oxygens (including phenoxy) is 1. The smallest absolute Gasteiger partial charge is 0.326 e. The van der Waals surface area contributed by atoms with Gasteiger partial charge in [0.15, 0.2) is 0 Å². The molecule has 0 aliphatic carbocycles. The van der Waals surface area contributed by atoms with Gasteiger partial charge in [0.2, 0.25) is 5.91 Å². The Morgan fingerprint density at radius 1 is 1.24 bits per heavy atom. The number of benzene rings is 1. The number of nitrogens with zero attached hydrogens (tertiary/aromatic N) is 1. The molecule has 0 aromatic heterocycles. The molecule has 1 aliphatic rings. The average molecular weight is 497 g/mol. The Morgan fingerprint density at radius 3 is 2.56 bits per heavy atom. The second-order valence-electron chi connectivity index (χ2n) is 9.45. The zero-order valence-corrected chi connectivity index (χ0v) is 21.7. The molecule has 0 saturated carbocycles. The summed E-state index contributed by atoms with van der Waals surface area (Å²) in [5.74, 6) is -2.43. The largest absolute Gasteiger partial charge is 0.480 e. The first-order valence-corrected chi connectivity index (χ1v) is 11.8. The average Bonchev–Trinajstić information content (AvgIpc) is 2.97. The Balaban J connectivity index is 0.00000578. The quantitative estimate of drug-likeness (QED) is 0.337. The van der Waals surface area contributed by atoms with E-state index in [9.17, 15) is 19.5 Å². The summed E-state index contributed by atoms with van der Waals surface area (Å²) in [5, 5.41) is 21.5. The van der Waals surface area contributed by atoms with E-state index in [0.717, 1.165) is 37.9 Å². The zero-order valence-electron chi connectivity index (χ0n) is 20.7. The molecule has 9 heteroatoms. The van der Waals surface area contributed by atoms with E-state index in [2.05, 4.69) is 30.3 Å². The fourth-order valence-electron chi connectivity index (χ4n) is 4.47. The van der Waals surface area contributed by atoms with E-state index in [-0.39, 0.29) is 37.7 Å². The first kappa shape index (κ1) is 29.9. The van der Waals surface area contributed by atoms with Crippen molar-refractivity contribution in [2.45, 2.75) is 76.9 Å². The fraction of sp³-hybridized carbons (Fsp3) is 0.640. The van der Waals surface area contributed by atoms with Gasteiger partial charge in [0.1, 0.15) is 17.9 Å². The van der Waals surface area contributed by atoms with E-state index in [1.165, 1.54) is 6.42 Å². The number of likely N-dealkylation sites (N-methyl/N-ethyl adjacent to an activating group) is 1. The Labute approximate surface area is 209 Å². The van der Waals surface area contributed by atoms with E-state index in [1.54, 1.807) is 19.9 Å². The molecule has 3 N–H and O–H groups in total. The van der Waals surface area contributed by atoms with Crippen LogP contribution in [0.15, 0.2) is 24.3 Å². The van der Waals surface area contributed by atoms with Gasteiger partial charge in [-0.1, -0.05) is 39.3 Å². The fourth-order valence-corrected chi connectivity index (χ4v) is 4.47. The molecule has 3 unspecified atom stereocenters. The molecule has 1 saturated heterocycles. The molecule has 1 aliphatic heterocycles. The first-order chi connectivity index (χ1) is 15.6. The number of hydrogen-bond donors (Lipinski definition) is 3. The van der Waals surface area contributed by atoms with Crippen LogP contribution < -0.4 is 10.1 Å². The number of aliphatic hydroxyl groups excluding tert-OH is 1. The summed E-state index contributed by atoms with van der Waals surface area (Å²) >= 11 is 0. The molecule has 1 fully saturated rings. The van der Waals surface area contributed by atoms with Gasteiger partial charge in [-0.2, -0.15) is 13.5 Å². The highest BCUT2D eigenvalue weighted by Gasteiger charge is 2.33. The molecule has 1 aromatic carbocycles. The van der Waals surface area contributed by atoms with E-state index >= 15 is 0 Å².